The SMILES string of the molecule is CCC1NC(=O)C(C)(CC)N(CC2CCCCO2)C1=O. The molecule has 0 aromatic heterocycles. The number of carbonyl (C=O) groups excluding carboxylic acids is 2. The fourth-order valence-electron chi connectivity index (χ4n) is 3.00. The van der Waals surface area contributed by atoms with Crippen LogP contribution in [0.2, 0.25) is 0 Å². The Hall–Kier alpha value is -1.10. The summed E-state index contributed by atoms with van der Waals surface area (Å²) in [6, 6.07) is -0.384. The minimum atomic E-state index is -0.746. The van der Waals surface area contributed by atoms with Gasteiger partial charge in [0.1, 0.15) is 11.6 Å². The average molecular weight is 282 g/mol. The third kappa shape index (κ3) is 2.68. The molecule has 0 aliphatic carbocycles. The van der Waals surface area contributed by atoms with Gasteiger partial charge in [-0.05, 0) is 39.0 Å². The second kappa shape index (κ2) is 6.12. The van der Waals surface area contributed by atoms with Gasteiger partial charge in [0.2, 0.25) is 11.8 Å². The maximum atomic E-state index is 12.6. The first-order chi connectivity index (χ1) is 9.52. The van der Waals surface area contributed by atoms with Crippen LogP contribution in [0.4, 0.5) is 0 Å². The molecule has 2 fully saturated rings. The van der Waals surface area contributed by atoms with Crippen molar-refractivity contribution in [1.82, 2.24) is 10.2 Å². The standard InChI is InChI=1S/C15H26N2O3/c1-4-12-13(18)17(10-11-8-6-7-9-20-11)15(3,5-2)14(19)16-12/h11-12H,4-10H2,1-3H3,(H,16,19). The lowest BCUT2D eigenvalue weighted by molar-refractivity contribution is -0.160. The van der Waals surface area contributed by atoms with E-state index >= 15 is 0 Å². The molecule has 0 radical (unpaired) electrons. The van der Waals surface area contributed by atoms with Crippen molar-refractivity contribution in [2.75, 3.05) is 13.2 Å². The highest BCUT2D eigenvalue weighted by atomic mass is 16.5. The van der Waals surface area contributed by atoms with Crippen LogP contribution in [0.15, 0.2) is 0 Å². The van der Waals surface area contributed by atoms with E-state index in [0.29, 0.717) is 19.4 Å². The number of hydrogen-bond acceptors (Lipinski definition) is 3. The molecule has 20 heavy (non-hydrogen) atoms. The Kier molecular flexibility index (Phi) is 4.68. The Morgan fingerprint density at radius 1 is 1.35 bits per heavy atom. The number of carbonyl (C=O) groups is 2. The molecule has 2 amide bonds. The molecule has 2 heterocycles. The van der Waals surface area contributed by atoms with Crippen molar-refractivity contribution >= 4 is 11.8 Å². The molecule has 3 atom stereocenters. The van der Waals surface area contributed by atoms with Crippen molar-refractivity contribution in [3.8, 4) is 0 Å². The van der Waals surface area contributed by atoms with Gasteiger partial charge < -0.3 is 15.0 Å². The van der Waals surface area contributed by atoms with Gasteiger partial charge in [-0.25, -0.2) is 0 Å². The van der Waals surface area contributed by atoms with Crippen LogP contribution in [0.1, 0.15) is 52.9 Å². The van der Waals surface area contributed by atoms with Crippen molar-refractivity contribution in [3.63, 3.8) is 0 Å². The van der Waals surface area contributed by atoms with Crippen molar-refractivity contribution < 1.29 is 14.3 Å². The molecule has 2 aliphatic rings. The zero-order valence-corrected chi connectivity index (χ0v) is 12.8. The number of nitrogens with zero attached hydrogens (tertiary/aromatic N) is 1. The minimum Gasteiger partial charge on any atom is -0.376 e. The molecule has 2 rings (SSSR count). The van der Waals surface area contributed by atoms with E-state index in [0.717, 1.165) is 25.9 Å². The lowest BCUT2D eigenvalue weighted by atomic mass is 9.89. The predicted molar refractivity (Wildman–Crippen MR) is 76.2 cm³/mol. The molecule has 0 saturated carbocycles. The summed E-state index contributed by atoms with van der Waals surface area (Å²) in [6.45, 7) is 7.03. The first-order valence-electron chi connectivity index (χ1n) is 7.77. The van der Waals surface area contributed by atoms with E-state index in [1.165, 1.54) is 0 Å². The molecular formula is C15H26N2O3. The highest BCUT2D eigenvalue weighted by Crippen LogP contribution is 2.27. The number of rotatable bonds is 4. The number of ether oxygens (including phenoxy) is 1. The molecular weight excluding hydrogens is 256 g/mol. The van der Waals surface area contributed by atoms with E-state index in [1.807, 2.05) is 20.8 Å². The molecule has 114 valence electrons. The average Bonchev–Trinajstić information content (AvgIpc) is 2.48. The van der Waals surface area contributed by atoms with Crippen LogP contribution in [-0.2, 0) is 14.3 Å². The first-order valence-corrected chi connectivity index (χ1v) is 7.77. The second-order valence-corrected chi connectivity index (χ2v) is 6.00. The number of amides is 2. The first kappa shape index (κ1) is 15.3. The highest BCUT2D eigenvalue weighted by molar-refractivity contribution is 5.99. The van der Waals surface area contributed by atoms with E-state index in [1.54, 1.807) is 4.90 Å². The van der Waals surface area contributed by atoms with Gasteiger partial charge in [-0.1, -0.05) is 13.8 Å². The van der Waals surface area contributed by atoms with Crippen LogP contribution >= 0.6 is 0 Å². The summed E-state index contributed by atoms with van der Waals surface area (Å²) in [7, 11) is 0. The van der Waals surface area contributed by atoms with Crippen LogP contribution in [-0.4, -0.2) is 47.6 Å². The van der Waals surface area contributed by atoms with Crippen molar-refractivity contribution in [2.45, 2.75) is 70.6 Å². The van der Waals surface area contributed by atoms with Crippen LogP contribution in [0.25, 0.3) is 0 Å². The van der Waals surface area contributed by atoms with E-state index < -0.39 is 5.54 Å². The zero-order chi connectivity index (χ0) is 14.8. The summed E-state index contributed by atoms with van der Waals surface area (Å²) >= 11 is 0. The summed E-state index contributed by atoms with van der Waals surface area (Å²) in [4.78, 5) is 26.7. The van der Waals surface area contributed by atoms with Gasteiger partial charge >= 0.3 is 0 Å². The molecule has 0 aromatic carbocycles. The Labute approximate surface area is 121 Å². The summed E-state index contributed by atoms with van der Waals surface area (Å²) in [5.41, 5.74) is -0.746. The van der Waals surface area contributed by atoms with E-state index in [-0.39, 0.29) is 24.0 Å². The Morgan fingerprint density at radius 2 is 2.10 bits per heavy atom. The molecule has 0 spiro atoms. The Bertz CT molecular complexity index is 379. The monoisotopic (exact) mass is 282 g/mol. The van der Waals surface area contributed by atoms with E-state index in [2.05, 4.69) is 5.32 Å². The van der Waals surface area contributed by atoms with Crippen LogP contribution in [0, 0.1) is 0 Å². The molecule has 2 aliphatic heterocycles. The number of nitrogens with one attached hydrogen (secondary N) is 1. The fourth-order valence-corrected chi connectivity index (χ4v) is 3.00. The van der Waals surface area contributed by atoms with Crippen molar-refractivity contribution in [2.24, 2.45) is 0 Å². The maximum absolute atomic E-state index is 12.6. The molecule has 5 heteroatoms. The van der Waals surface area contributed by atoms with Crippen LogP contribution in [0.5, 0.6) is 0 Å². The predicted octanol–water partition coefficient (Wildman–Crippen LogP) is 1.46. The lowest BCUT2D eigenvalue weighted by Gasteiger charge is -2.47. The highest BCUT2D eigenvalue weighted by Gasteiger charge is 2.48. The molecule has 2 saturated heterocycles. The molecule has 0 aromatic rings. The molecule has 5 nitrogen and oxygen atoms in total. The van der Waals surface area contributed by atoms with E-state index in [4.69, 9.17) is 4.74 Å². The van der Waals surface area contributed by atoms with Gasteiger partial charge in [-0.15, -0.1) is 0 Å². The van der Waals surface area contributed by atoms with Gasteiger partial charge in [0.05, 0.1) is 6.10 Å². The minimum absolute atomic E-state index is 0.0330. The van der Waals surface area contributed by atoms with Crippen molar-refractivity contribution in [1.29, 1.82) is 0 Å². The third-order valence-electron chi connectivity index (χ3n) is 4.71. The normalized spacial score (nSPS) is 35.0. The largest absolute Gasteiger partial charge is 0.376 e. The summed E-state index contributed by atoms with van der Waals surface area (Å²) in [5, 5.41) is 2.85. The van der Waals surface area contributed by atoms with Gasteiger partial charge in [0, 0.05) is 13.2 Å². The van der Waals surface area contributed by atoms with Gasteiger partial charge in [0.15, 0.2) is 0 Å². The Balaban J connectivity index is 2.18. The van der Waals surface area contributed by atoms with E-state index in [9.17, 15) is 9.59 Å². The lowest BCUT2D eigenvalue weighted by Crippen LogP contribution is -2.70. The Morgan fingerprint density at radius 3 is 2.65 bits per heavy atom. The van der Waals surface area contributed by atoms with Crippen LogP contribution < -0.4 is 5.32 Å². The molecule has 0 bridgehead atoms. The van der Waals surface area contributed by atoms with Crippen molar-refractivity contribution in [3.05, 3.63) is 0 Å². The number of piperazine rings is 1. The topological polar surface area (TPSA) is 58.6 Å². The number of hydrogen-bond donors (Lipinski definition) is 1. The van der Waals surface area contributed by atoms with Gasteiger partial charge in [-0.2, -0.15) is 0 Å². The van der Waals surface area contributed by atoms with Gasteiger partial charge in [0.25, 0.3) is 0 Å². The zero-order valence-electron chi connectivity index (χ0n) is 12.8. The van der Waals surface area contributed by atoms with Crippen LogP contribution in [0.3, 0.4) is 0 Å². The second-order valence-electron chi connectivity index (χ2n) is 6.00. The fraction of sp³-hybridized carbons (Fsp3) is 0.867. The smallest absolute Gasteiger partial charge is 0.246 e. The summed E-state index contributed by atoms with van der Waals surface area (Å²) in [5.74, 6) is -0.00659. The third-order valence-corrected chi connectivity index (χ3v) is 4.71. The maximum Gasteiger partial charge on any atom is 0.246 e. The van der Waals surface area contributed by atoms with Gasteiger partial charge in [-0.3, -0.25) is 9.59 Å². The summed E-state index contributed by atoms with van der Waals surface area (Å²) in [6.07, 6.45) is 4.52. The molecule has 3 unspecified atom stereocenters. The molecule has 1 N–H and O–H groups in total. The quantitative estimate of drug-likeness (QED) is 0.849. The summed E-state index contributed by atoms with van der Waals surface area (Å²) < 4.78 is 5.75.